The monoisotopic (exact) mass is 604 g/mol. The molecule has 12 heteroatoms. The van der Waals surface area contributed by atoms with Gasteiger partial charge in [0.05, 0.1) is 12.8 Å². The van der Waals surface area contributed by atoms with Crippen molar-refractivity contribution in [1.82, 2.24) is 30.1 Å². The average molecular weight is 605 g/mol. The Morgan fingerprint density at radius 3 is 2.70 bits per heavy atom. The van der Waals surface area contributed by atoms with Crippen molar-refractivity contribution in [1.29, 1.82) is 0 Å². The predicted molar refractivity (Wildman–Crippen MR) is 163 cm³/mol. The molecule has 224 valence electrons. The zero-order valence-corrected chi connectivity index (χ0v) is 24.9. The molecule has 5 rings (SSSR count). The number of hydrogen-bond acceptors (Lipinski definition) is 7. The van der Waals surface area contributed by atoms with Crippen LogP contribution in [0.15, 0.2) is 70.4 Å². The van der Waals surface area contributed by atoms with Gasteiger partial charge in [0, 0.05) is 62.9 Å². The minimum atomic E-state index is -1.19. The molecule has 0 spiro atoms. The van der Waals surface area contributed by atoms with E-state index in [9.17, 15) is 19.2 Å². The third-order valence-corrected chi connectivity index (χ3v) is 8.11. The molecular weight excluding hydrogens is 572 g/mol. The molecule has 0 radical (unpaired) electrons. The summed E-state index contributed by atoms with van der Waals surface area (Å²) in [4.78, 5) is 55.3. The van der Waals surface area contributed by atoms with Gasteiger partial charge in [-0.15, -0.1) is 0 Å². The topological polar surface area (TPSA) is 136 Å². The third-order valence-electron chi connectivity index (χ3n) is 7.78. The number of pyridine rings is 1. The van der Waals surface area contributed by atoms with Gasteiger partial charge in [-0.3, -0.25) is 19.0 Å². The first-order valence-corrected chi connectivity index (χ1v) is 14.3. The highest BCUT2D eigenvalue weighted by Crippen LogP contribution is 2.39. The van der Waals surface area contributed by atoms with Crippen LogP contribution in [0.25, 0.3) is 5.57 Å². The number of hydrogen-bond donors (Lipinski definition) is 3. The van der Waals surface area contributed by atoms with Gasteiger partial charge in [0.1, 0.15) is 11.1 Å². The first-order valence-electron chi connectivity index (χ1n) is 13.9. The zero-order valence-electron chi connectivity index (χ0n) is 24.1. The maximum atomic E-state index is 13.7. The van der Waals surface area contributed by atoms with E-state index in [-0.39, 0.29) is 23.9 Å². The minimum Gasteiger partial charge on any atom is -0.481 e. The summed E-state index contributed by atoms with van der Waals surface area (Å²) >= 11 is 6.55. The van der Waals surface area contributed by atoms with Crippen molar-refractivity contribution in [3.63, 3.8) is 0 Å². The first kappa shape index (κ1) is 30.0. The van der Waals surface area contributed by atoms with Crippen molar-refractivity contribution < 1.29 is 14.3 Å². The van der Waals surface area contributed by atoms with Gasteiger partial charge < -0.3 is 25.3 Å². The van der Waals surface area contributed by atoms with Gasteiger partial charge >= 0.3 is 5.69 Å². The highest BCUT2D eigenvalue weighted by atomic mass is 35.5. The number of methoxy groups -OCH3 is 1. The Balaban J connectivity index is 1.50. The van der Waals surface area contributed by atoms with Gasteiger partial charge in [-0.2, -0.15) is 0 Å². The van der Waals surface area contributed by atoms with Crippen LogP contribution in [-0.4, -0.2) is 45.6 Å². The molecule has 3 heterocycles. The Labute approximate surface area is 253 Å². The van der Waals surface area contributed by atoms with E-state index in [2.05, 4.69) is 16.0 Å². The smallest absolute Gasteiger partial charge is 0.330 e. The molecule has 0 saturated carbocycles. The molecule has 1 unspecified atom stereocenters. The molecule has 2 atom stereocenters. The number of benzene rings is 1. The van der Waals surface area contributed by atoms with E-state index < -0.39 is 22.7 Å². The molecule has 43 heavy (non-hydrogen) atoms. The molecule has 1 aromatic carbocycles. The molecule has 2 aliphatic rings. The number of allylic oxidation sites excluding steroid dienone is 2. The number of amides is 2. The zero-order chi connectivity index (χ0) is 30.7. The van der Waals surface area contributed by atoms with Crippen molar-refractivity contribution in [2.45, 2.75) is 37.4 Å². The second-order valence-electron chi connectivity index (χ2n) is 10.7. The largest absolute Gasteiger partial charge is 0.481 e. The quantitative estimate of drug-likeness (QED) is 0.341. The Hall–Kier alpha value is -4.48. The number of carbonyl (C=O) groups is 2. The van der Waals surface area contributed by atoms with Gasteiger partial charge in [-0.05, 0) is 29.7 Å². The molecule has 3 N–H and O–H groups in total. The number of ether oxygens (including phenoxy) is 1. The molecule has 2 aromatic heterocycles. The summed E-state index contributed by atoms with van der Waals surface area (Å²) in [6.45, 7) is 1.07. The van der Waals surface area contributed by atoms with E-state index >= 15 is 0 Å². The van der Waals surface area contributed by atoms with Crippen LogP contribution in [0, 0.1) is 0 Å². The van der Waals surface area contributed by atoms with Gasteiger partial charge in [0.15, 0.2) is 0 Å². The van der Waals surface area contributed by atoms with Crippen LogP contribution in [0.2, 0.25) is 5.02 Å². The summed E-state index contributed by atoms with van der Waals surface area (Å²) in [6, 6.07) is 11.2. The van der Waals surface area contributed by atoms with E-state index in [0.29, 0.717) is 36.1 Å². The first-order chi connectivity index (χ1) is 20.6. The van der Waals surface area contributed by atoms with Gasteiger partial charge in [-0.1, -0.05) is 54.1 Å². The number of halogens is 1. The summed E-state index contributed by atoms with van der Waals surface area (Å²) < 4.78 is 7.75. The van der Waals surface area contributed by atoms with E-state index in [0.717, 1.165) is 27.7 Å². The number of rotatable bonds is 9. The van der Waals surface area contributed by atoms with Crippen LogP contribution in [-0.2, 0) is 31.0 Å². The average Bonchev–Trinajstić information content (AvgIpc) is 3.42. The molecule has 11 nitrogen and oxygen atoms in total. The summed E-state index contributed by atoms with van der Waals surface area (Å²) in [5.41, 5.74) is 0.326. The van der Waals surface area contributed by atoms with Crippen molar-refractivity contribution in [2.24, 2.45) is 14.1 Å². The lowest BCUT2D eigenvalue weighted by Gasteiger charge is -2.35. The number of nitrogens with one attached hydrogen (secondary N) is 3. The fraction of sp³-hybridized carbons (Fsp3) is 0.323. The van der Waals surface area contributed by atoms with Crippen molar-refractivity contribution >= 4 is 29.0 Å². The SMILES string of the molecule is COc1nc([C@@]2(NC(=O)c3cn(C)c(=O)n(C)c3=O)C=CC=C(c3ccccc3Cl)C2)ccc1CNCC1CCC(=O)N1. The van der Waals surface area contributed by atoms with Gasteiger partial charge in [0.2, 0.25) is 11.8 Å². The second-order valence-corrected chi connectivity index (χ2v) is 11.1. The van der Waals surface area contributed by atoms with Crippen LogP contribution >= 0.6 is 11.6 Å². The van der Waals surface area contributed by atoms with Crippen molar-refractivity contribution in [3.05, 3.63) is 109 Å². The maximum Gasteiger partial charge on any atom is 0.330 e. The number of nitrogens with zero attached hydrogens (tertiary/aromatic N) is 3. The fourth-order valence-corrected chi connectivity index (χ4v) is 5.71. The minimum absolute atomic E-state index is 0.0593. The molecule has 1 aliphatic heterocycles. The Morgan fingerprint density at radius 1 is 1.19 bits per heavy atom. The molecule has 2 amide bonds. The van der Waals surface area contributed by atoms with E-state index in [1.165, 1.54) is 32.0 Å². The third kappa shape index (κ3) is 6.18. The molecule has 0 bridgehead atoms. The number of carbonyl (C=O) groups excluding carboxylic acids is 2. The number of aromatic nitrogens is 3. The Morgan fingerprint density at radius 2 is 1.98 bits per heavy atom. The standard InChI is InChI=1S/C31H33ClN6O5/c1-37-18-23(29(41)38(2)30(37)42)27(40)36-31(14-6-7-19(15-31)22-8-4-5-9-24(22)32)25-12-10-20(28(35-25)43-3)16-33-17-21-11-13-26(39)34-21/h4-10,12,14,18,21,33H,11,13,15-17H2,1-3H3,(H,34,39)(H,36,40)/t21?,31-/m1/s1. The summed E-state index contributed by atoms with van der Waals surface area (Å²) in [5.74, 6) is -0.232. The lowest BCUT2D eigenvalue weighted by molar-refractivity contribution is -0.119. The van der Waals surface area contributed by atoms with Crippen LogP contribution in [0.4, 0.5) is 0 Å². The second kappa shape index (κ2) is 12.4. The molecule has 1 saturated heterocycles. The van der Waals surface area contributed by atoms with Crippen LogP contribution in [0.3, 0.4) is 0 Å². The van der Waals surface area contributed by atoms with E-state index in [1.54, 1.807) is 6.07 Å². The van der Waals surface area contributed by atoms with Crippen LogP contribution < -0.4 is 31.9 Å². The van der Waals surface area contributed by atoms with E-state index in [4.69, 9.17) is 21.3 Å². The normalized spacial score (nSPS) is 19.6. The summed E-state index contributed by atoms with van der Waals surface area (Å²) in [6.07, 6.45) is 8.40. The van der Waals surface area contributed by atoms with Gasteiger partial charge in [-0.25, -0.2) is 9.78 Å². The molecular formula is C31H33ClN6O5. The predicted octanol–water partition coefficient (Wildman–Crippen LogP) is 2.18. The fourth-order valence-electron chi connectivity index (χ4n) is 5.45. The lowest BCUT2D eigenvalue weighted by Crippen LogP contribution is -2.49. The number of aryl methyl sites for hydroxylation is 1. The molecule has 1 aliphatic carbocycles. The highest BCUT2D eigenvalue weighted by Gasteiger charge is 2.37. The van der Waals surface area contributed by atoms with Gasteiger partial charge in [0.25, 0.3) is 11.5 Å². The molecule has 3 aromatic rings. The van der Waals surface area contributed by atoms with Crippen molar-refractivity contribution in [2.75, 3.05) is 13.7 Å². The van der Waals surface area contributed by atoms with Crippen LogP contribution in [0.1, 0.15) is 46.4 Å². The maximum absolute atomic E-state index is 13.7. The summed E-state index contributed by atoms with van der Waals surface area (Å²) in [7, 11) is 4.33. The van der Waals surface area contributed by atoms with E-state index in [1.807, 2.05) is 48.6 Å². The Bertz CT molecular complexity index is 1760. The highest BCUT2D eigenvalue weighted by molar-refractivity contribution is 6.32. The Kier molecular flexibility index (Phi) is 8.65. The molecule has 1 fully saturated rings. The summed E-state index contributed by atoms with van der Waals surface area (Å²) in [5, 5.41) is 9.89. The van der Waals surface area contributed by atoms with Crippen molar-refractivity contribution in [3.8, 4) is 5.88 Å². The lowest BCUT2D eigenvalue weighted by atomic mass is 9.80. The van der Waals surface area contributed by atoms with Crippen LogP contribution in [0.5, 0.6) is 5.88 Å².